The van der Waals surface area contributed by atoms with Crippen LogP contribution in [0.3, 0.4) is 0 Å². The fraction of sp³-hybridized carbons (Fsp3) is 0.0952. The fourth-order valence-corrected chi connectivity index (χ4v) is 3.60. The van der Waals surface area contributed by atoms with E-state index in [2.05, 4.69) is 16.4 Å². The van der Waals surface area contributed by atoms with Crippen molar-refractivity contribution in [3.63, 3.8) is 0 Å². The van der Waals surface area contributed by atoms with Crippen molar-refractivity contribution in [3.8, 4) is 17.3 Å². The minimum Gasteiger partial charge on any atom is -0.316 e. The number of nitrogens with zero attached hydrogens (tertiary/aromatic N) is 2. The van der Waals surface area contributed by atoms with Gasteiger partial charge in [0, 0.05) is 17.0 Å². The highest BCUT2D eigenvalue weighted by Crippen LogP contribution is 2.36. The van der Waals surface area contributed by atoms with E-state index in [0.717, 1.165) is 11.1 Å². The third kappa shape index (κ3) is 4.62. The summed E-state index contributed by atoms with van der Waals surface area (Å²) in [5, 5.41) is 14.3. The highest BCUT2D eigenvalue weighted by molar-refractivity contribution is 7.17. The minimum atomic E-state index is -0.0975. The van der Waals surface area contributed by atoms with Crippen LogP contribution in [0, 0.1) is 11.3 Å². The Morgan fingerprint density at radius 3 is 2.70 bits per heavy atom. The Labute approximate surface area is 166 Å². The average molecular weight is 394 g/mol. The summed E-state index contributed by atoms with van der Waals surface area (Å²) in [6.45, 7) is 1.79. The maximum atomic E-state index is 11.9. The molecule has 3 aromatic rings. The van der Waals surface area contributed by atoms with Crippen LogP contribution in [0.15, 0.2) is 54.6 Å². The summed E-state index contributed by atoms with van der Waals surface area (Å²) < 4.78 is 0. The van der Waals surface area contributed by atoms with E-state index in [0.29, 0.717) is 32.7 Å². The molecule has 1 N–H and O–H groups in total. The molecule has 1 aromatic heterocycles. The quantitative estimate of drug-likeness (QED) is 0.550. The lowest BCUT2D eigenvalue weighted by Crippen LogP contribution is -2.08. The number of nitrogens with one attached hydrogen (secondary N) is 1. The first kappa shape index (κ1) is 18.8. The predicted molar refractivity (Wildman–Crippen MR) is 111 cm³/mol. The van der Waals surface area contributed by atoms with Crippen molar-refractivity contribution in [3.05, 3.63) is 70.2 Å². The molecule has 0 atom stereocenters. The largest absolute Gasteiger partial charge is 0.316 e. The highest BCUT2D eigenvalue weighted by atomic mass is 35.5. The number of halogens is 1. The Hall–Kier alpha value is -2.94. The molecule has 3 rings (SSSR count). The van der Waals surface area contributed by atoms with Gasteiger partial charge in [-0.2, -0.15) is 5.26 Å². The highest BCUT2D eigenvalue weighted by Gasteiger charge is 2.17. The molecule has 6 heteroatoms. The van der Waals surface area contributed by atoms with Crippen molar-refractivity contribution in [1.82, 2.24) is 4.98 Å². The number of aromatic nitrogens is 1. The molecule has 4 nitrogen and oxygen atoms in total. The van der Waals surface area contributed by atoms with Crippen LogP contribution in [0.25, 0.3) is 22.9 Å². The molecule has 0 radical (unpaired) electrons. The number of benzene rings is 2. The lowest BCUT2D eigenvalue weighted by atomic mass is 10.1. The van der Waals surface area contributed by atoms with E-state index < -0.39 is 0 Å². The van der Waals surface area contributed by atoms with Crippen molar-refractivity contribution in [1.29, 1.82) is 5.26 Å². The van der Waals surface area contributed by atoms with E-state index in [1.807, 2.05) is 42.5 Å². The first-order valence-electron chi connectivity index (χ1n) is 8.34. The van der Waals surface area contributed by atoms with Gasteiger partial charge in [0.25, 0.3) is 0 Å². The molecule has 0 spiro atoms. The lowest BCUT2D eigenvalue weighted by molar-refractivity contribution is -0.115. The second-order valence-electron chi connectivity index (χ2n) is 5.69. The van der Waals surface area contributed by atoms with E-state index in [1.165, 1.54) is 11.3 Å². The van der Waals surface area contributed by atoms with E-state index in [1.54, 1.807) is 25.1 Å². The Balaban J connectivity index is 2.07. The van der Waals surface area contributed by atoms with Crippen LogP contribution < -0.4 is 5.32 Å². The Morgan fingerprint density at radius 1 is 1.26 bits per heavy atom. The van der Waals surface area contributed by atoms with Gasteiger partial charge >= 0.3 is 0 Å². The molecule has 0 fully saturated rings. The van der Waals surface area contributed by atoms with Crippen LogP contribution in [0.1, 0.15) is 23.9 Å². The Morgan fingerprint density at radius 2 is 2.04 bits per heavy atom. The number of carbonyl (C=O) groups excluding carboxylic acids is 1. The van der Waals surface area contributed by atoms with Crippen LogP contribution in [0.4, 0.5) is 5.00 Å². The maximum Gasteiger partial charge on any atom is 0.224 e. The Bertz CT molecular complexity index is 1040. The van der Waals surface area contributed by atoms with Gasteiger partial charge in [-0.3, -0.25) is 4.79 Å². The molecule has 0 saturated heterocycles. The van der Waals surface area contributed by atoms with Crippen LogP contribution in [0.5, 0.6) is 0 Å². The standard InChI is InChI=1S/C21H16ClN3OS/c1-2-18(26)24-21-19(15-8-4-3-5-9-15)25-20(27-21)16(13-23)11-14-7-6-10-17(22)12-14/h3-12H,2H2,1H3,(H,24,26)/b16-11+. The topological polar surface area (TPSA) is 65.8 Å². The Kier molecular flexibility index (Phi) is 6.02. The molecule has 0 aliphatic carbocycles. The number of nitriles is 1. The fourth-order valence-electron chi connectivity index (χ4n) is 2.43. The van der Waals surface area contributed by atoms with E-state index in [4.69, 9.17) is 11.6 Å². The van der Waals surface area contributed by atoms with Crippen molar-refractivity contribution in [2.45, 2.75) is 13.3 Å². The molecular weight excluding hydrogens is 378 g/mol. The molecule has 2 aromatic carbocycles. The summed E-state index contributed by atoms with van der Waals surface area (Å²) >= 11 is 7.31. The molecule has 0 unspecified atom stereocenters. The van der Waals surface area contributed by atoms with Crippen molar-refractivity contribution >= 4 is 45.5 Å². The molecular formula is C21H16ClN3OS. The SMILES string of the molecule is CCC(=O)Nc1sc(/C(C#N)=C/c2cccc(Cl)c2)nc1-c1ccccc1. The second kappa shape index (κ2) is 8.63. The maximum absolute atomic E-state index is 11.9. The number of hydrogen-bond donors (Lipinski definition) is 1. The van der Waals surface area contributed by atoms with Gasteiger partial charge in [-0.1, -0.05) is 72.3 Å². The molecule has 1 heterocycles. The van der Waals surface area contributed by atoms with Crippen LogP contribution in [-0.4, -0.2) is 10.9 Å². The summed E-state index contributed by atoms with van der Waals surface area (Å²) in [4.78, 5) is 16.6. The molecule has 0 aliphatic heterocycles. The van der Waals surface area contributed by atoms with Gasteiger partial charge in [-0.05, 0) is 23.8 Å². The zero-order valence-corrected chi connectivity index (χ0v) is 16.1. The van der Waals surface area contributed by atoms with Gasteiger partial charge < -0.3 is 5.32 Å². The van der Waals surface area contributed by atoms with Gasteiger partial charge in [0.05, 0.1) is 5.57 Å². The number of amides is 1. The summed E-state index contributed by atoms with van der Waals surface area (Å²) in [5.41, 5.74) is 2.77. The number of rotatable bonds is 5. The first-order chi connectivity index (χ1) is 13.1. The number of anilines is 1. The number of hydrogen-bond acceptors (Lipinski definition) is 4. The smallest absolute Gasteiger partial charge is 0.224 e. The summed E-state index contributed by atoms with van der Waals surface area (Å²) in [6.07, 6.45) is 2.11. The predicted octanol–water partition coefficient (Wildman–Crippen LogP) is 5.88. The van der Waals surface area contributed by atoms with E-state index in [-0.39, 0.29) is 5.91 Å². The number of allylic oxidation sites excluding steroid dienone is 1. The van der Waals surface area contributed by atoms with Gasteiger partial charge in [0.15, 0.2) is 0 Å². The number of carbonyl (C=O) groups is 1. The van der Waals surface area contributed by atoms with Gasteiger partial charge in [0.2, 0.25) is 5.91 Å². The number of thiazole rings is 1. The molecule has 0 aliphatic rings. The van der Waals surface area contributed by atoms with Gasteiger partial charge in [0.1, 0.15) is 21.8 Å². The minimum absolute atomic E-state index is 0.0975. The van der Waals surface area contributed by atoms with E-state index in [9.17, 15) is 10.1 Å². The first-order valence-corrected chi connectivity index (χ1v) is 9.54. The van der Waals surface area contributed by atoms with E-state index >= 15 is 0 Å². The molecule has 27 heavy (non-hydrogen) atoms. The molecule has 134 valence electrons. The van der Waals surface area contributed by atoms with Gasteiger partial charge in [-0.25, -0.2) is 4.98 Å². The monoisotopic (exact) mass is 393 g/mol. The zero-order chi connectivity index (χ0) is 19.2. The summed E-state index contributed by atoms with van der Waals surface area (Å²) in [6, 6.07) is 19.0. The lowest BCUT2D eigenvalue weighted by Gasteiger charge is -2.03. The van der Waals surface area contributed by atoms with Crippen LogP contribution in [0.2, 0.25) is 5.02 Å². The second-order valence-corrected chi connectivity index (χ2v) is 7.12. The zero-order valence-electron chi connectivity index (χ0n) is 14.6. The molecule has 1 amide bonds. The summed E-state index contributed by atoms with van der Waals surface area (Å²) in [7, 11) is 0. The van der Waals surface area contributed by atoms with Crippen molar-refractivity contribution in [2.24, 2.45) is 0 Å². The van der Waals surface area contributed by atoms with Gasteiger partial charge in [-0.15, -0.1) is 0 Å². The van der Waals surface area contributed by atoms with Crippen molar-refractivity contribution in [2.75, 3.05) is 5.32 Å². The van der Waals surface area contributed by atoms with Crippen LogP contribution >= 0.6 is 22.9 Å². The van der Waals surface area contributed by atoms with Crippen LogP contribution in [-0.2, 0) is 4.79 Å². The normalized spacial score (nSPS) is 11.1. The third-order valence-electron chi connectivity index (χ3n) is 3.76. The molecule has 0 saturated carbocycles. The third-order valence-corrected chi connectivity index (χ3v) is 5.00. The average Bonchev–Trinajstić information content (AvgIpc) is 3.10. The van der Waals surface area contributed by atoms with Crippen molar-refractivity contribution < 1.29 is 4.79 Å². The molecule has 0 bridgehead atoms. The summed E-state index contributed by atoms with van der Waals surface area (Å²) in [5.74, 6) is -0.0975.